The van der Waals surface area contributed by atoms with Gasteiger partial charge in [0.05, 0.1) is 17.1 Å². The van der Waals surface area contributed by atoms with E-state index in [-0.39, 0.29) is 17.4 Å². The summed E-state index contributed by atoms with van der Waals surface area (Å²) < 4.78 is 61.6. The minimum absolute atomic E-state index is 0.130. The van der Waals surface area contributed by atoms with Crippen molar-refractivity contribution in [3.8, 4) is 0 Å². The second-order valence-electron chi connectivity index (χ2n) is 6.38. The number of hydrogen-bond donors (Lipinski definition) is 1. The first-order valence-corrected chi connectivity index (χ1v) is 10.0. The molecule has 0 saturated heterocycles. The topological polar surface area (TPSA) is 54.4 Å². The largest absolute Gasteiger partial charge is 0.416 e. The van der Waals surface area contributed by atoms with E-state index >= 15 is 0 Å². The number of rotatable bonds is 4. The fourth-order valence-corrected chi connectivity index (χ4v) is 3.62. The molecule has 2 aromatic carbocycles. The molecule has 1 atom stereocenters. The van der Waals surface area contributed by atoms with E-state index in [1.807, 2.05) is 6.08 Å². The highest BCUT2D eigenvalue weighted by Gasteiger charge is 2.30. The lowest BCUT2D eigenvalue weighted by Gasteiger charge is -2.12. The first-order valence-electron chi connectivity index (χ1n) is 8.12. The van der Waals surface area contributed by atoms with Gasteiger partial charge in [-0.15, -0.1) is 0 Å². The lowest BCUT2D eigenvalue weighted by atomic mass is 9.94. The van der Waals surface area contributed by atoms with Gasteiger partial charge in [0.1, 0.15) is 0 Å². The molecular formula is C20H17F3O3S. The molecule has 0 heterocycles. The van der Waals surface area contributed by atoms with E-state index < -0.39 is 21.6 Å². The van der Waals surface area contributed by atoms with E-state index in [4.69, 9.17) is 0 Å². The molecule has 1 aliphatic carbocycles. The van der Waals surface area contributed by atoms with Gasteiger partial charge in [-0.3, -0.25) is 0 Å². The van der Waals surface area contributed by atoms with Crippen molar-refractivity contribution >= 4 is 21.0 Å². The van der Waals surface area contributed by atoms with Crippen LogP contribution in [0.25, 0.3) is 11.1 Å². The van der Waals surface area contributed by atoms with Crippen LogP contribution in [0, 0.1) is 5.92 Å². The molecule has 142 valence electrons. The van der Waals surface area contributed by atoms with Crippen LogP contribution < -0.4 is 0 Å². The quantitative estimate of drug-likeness (QED) is 0.846. The lowest BCUT2D eigenvalue weighted by Crippen LogP contribution is -2.04. The molecule has 0 spiro atoms. The van der Waals surface area contributed by atoms with Crippen molar-refractivity contribution < 1.29 is 26.7 Å². The number of benzene rings is 2. The van der Waals surface area contributed by atoms with Gasteiger partial charge in [-0.25, -0.2) is 8.42 Å². The van der Waals surface area contributed by atoms with Crippen LogP contribution in [0.2, 0.25) is 0 Å². The van der Waals surface area contributed by atoms with Gasteiger partial charge in [0.15, 0.2) is 9.84 Å². The number of aliphatic hydroxyl groups excluding tert-OH is 1. The Morgan fingerprint density at radius 1 is 0.889 bits per heavy atom. The molecule has 1 unspecified atom stereocenters. The lowest BCUT2D eigenvalue weighted by molar-refractivity contribution is -0.137. The molecule has 2 aromatic rings. The van der Waals surface area contributed by atoms with E-state index in [0.717, 1.165) is 29.5 Å². The van der Waals surface area contributed by atoms with Gasteiger partial charge in [-0.1, -0.05) is 36.4 Å². The summed E-state index contributed by atoms with van der Waals surface area (Å²) in [6.07, 6.45) is 0.327. The highest BCUT2D eigenvalue weighted by molar-refractivity contribution is 7.90. The van der Waals surface area contributed by atoms with Gasteiger partial charge < -0.3 is 5.11 Å². The molecule has 3 rings (SSSR count). The predicted octanol–water partition coefficient (Wildman–Crippen LogP) is 4.20. The molecule has 0 radical (unpaired) electrons. The van der Waals surface area contributed by atoms with Crippen molar-refractivity contribution in [2.45, 2.75) is 11.1 Å². The molecule has 1 aliphatic rings. The third-order valence-electron chi connectivity index (χ3n) is 4.38. The maximum Gasteiger partial charge on any atom is 0.416 e. The fraction of sp³-hybridized carbons (Fsp3) is 0.200. The van der Waals surface area contributed by atoms with Crippen LogP contribution in [0.5, 0.6) is 0 Å². The zero-order valence-electron chi connectivity index (χ0n) is 14.4. The molecular weight excluding hydrogens is 377 g/mol. The van der Waals surface area contributed by atoms with Crippen LogP contribution >= 0.6 is 0 Å². The normalized spacial score (nSPS) is 17.6. The van der Waals surface area contributed by atoms with E-state index in [2.05, 4.69) is 0 Å². The van der Waals surface area contributed by atoms with Crippen molar-refractivity contribution in [1.29, 1.82) is 0 Å². The SMILES string of the molecule is CS(=O)(=O)c1ccc(C2=CC(CO)C=C2c2ccc(C(F)(F)F)cc2)cc1. The van der Waals surface area contributed by atoms with Crippen molar-refractivity contribution in [2.75, 3.05) is 12.9 Å². The molecule has 0 saturated carbocycles. The summed E-state index contributed by atoms with van der Waals surface area (Å²) >= 11 is 0. The molecule has 0 amide bonds. The van der Waals surface area contributed by atoms with Crippen LogP contribution in [0.3, 0.4) is 0 Å². The smallest absolute Gasteiger partial charge is 0.395 e. The average Bonchev–Trinajstić information content (AvgIpc) is 3.05. The van der Waals surface area contributed by atoms with Gasteiger partial charge >= 0.3 is 6.18 Å². The highest BCUT2D eigenvalue weighted by Crippen LogP contribution is 2.39. The molecule has 0 fully saturated rings. The van der Waals surface area contributed by atoms with Crippen molar-refractivity contribution in [2.24, 2.45) is 5.92 Å². The Kier molecular flexibility index (Phi) is 5.01. The average molecular weight is 394 g/mol. The summed E-state index contributed by atoms with van der Waals surface area (Å²) in [5.41, 5.74) is 2.04. The zero-order chi connectivity index (χ0) is 19.8. The third-order valence-corrected chi connectivity index (χ3v) is 5.51. The van der Waals surface area contributed by atoms with E-state index in [0.29, 0.717) is 11.1 Å². The number of allylic oxidation sites excluding steroid dienone is 2. The number of alkyl halides is 3. The van der Waals surface area contributed by atoms with E-state index in [9.17, 15) is 26.7 Å². The first-order chi connectivity index (χ1) is 12.6. The molecule has 0 bridgehead atoms. The summed E-state index contributed by atoms with van der Waals surface area (Å²) in [5.74, 6) is -0.258. The Bertz CT molecular complexity index is 1000. The van der Waals surface area contributed by atoms with Crippen LogP contribution in [0.1, 0.15) is 16.7 Å². The van der Waals surface area contributed by atoms with Crippen LogP contribution in [-0.4, -0.2) is 26.4 Å². The van der Waals surface area contributed by atoms with Gasteiger partial charge in [0, 0.05) is 12.2 Å². The van der Waals surface area contributed by atoms with E-state index in [1.54, 1.807) is 18.2 Å². The molecule has 27 heavy (non-hydrogen) atoms. The van der Waals surface area contributed by atoms with E-state index in [1.165, 1.54) is 24.3 Å². The Hall–Kier alpha value is -2.38. The first kappa shape index (κ1) is 19.4. The third kappa shape index (κ3) is 4.14. The second-order valence-corrected chi connectivity index (χ2v) is 8.39. The molecule has 1 N–H and O–H groups in total. The van der Waals surface area contributed by atoms with Gasteiger partial charge in [0.25, 0.3) is 0 Å². The zero-order valence-corrected chi connectivity index (χ0v) is 15.2. The molecule has 0 aliphatic heterocycles. The number of halogens is 3. The monoisotopic (exact) mass is 394 g/mol. The second kappa shape index (κ2) is 6.98. The number of hydrogen-bond acceptors (Lipinski definition) is 3. The number of sulfone groups is 1. The number of aliphatic hydroxyl groups is 1. The Labute approximate surface area is 155 Å². The van der Waals surface area contributed by atoms with Crippen LogP contribution in [0.15, 0.2) is 65.6 Å². The Morgan fingerprint density at radius 2 is 1.33 bits per heavy atom. The van der Waals surface area contributed by atoms with Gasteiger partial charge in [-0.2, -0.15) is 13.2 Å². The summed E-state index contributed by atoms with van der Waals surface area (Å²) in [5, 5.41) is 9.48. The standard InChI is InChI=1S/C20H17F3O3S/c1-27(25,26)17-8-4-15(5-9-17)19-11-13(12-24)10-18(19)14-2-6-16(7-3-14)20(21,22)23/h2-11,13,24H,12H2,1H3. The Morgan fingerprint density at radius 3 is 1.70 bits per heavy atom. The van der Waals surface area contributed by atoms with Crippen LogP contribution in [-0.2, 0) is 16.0 Å². The van der Waals surface area contributed by atoms with Gasteiger partial charge in [-0.05, 0) is 46.5 Å². The molecule has 7 heteroatoms. The minimum atomic E-state index is -4.41. The van der Waals surface area contributed by atoms with Gasteiger partial charge in [0.2, 0.25) is 0 Å². The minimum Gasteiger partial charge on any atom is -0.395 e. The molecule has 3 nitrogen and oxygen atoms in total. The summed E-state index contributed by atoms with van der Waals surface area (Å²) in [6.45, 7) is -0.130. The Balaban J connectivity index is 1.98. The maximum absolute atomic E-state index is 12.8. The van der Waals surface area contributed by atoms with Crippen LogP contribution in [0.4, 0.5) is 13.2 Å². The predicted molar refractivity (Wildman–Crippen MR) is 97.5 cm³/mol. The fourth-order valence-electron chi connectivity index (χ4n) is 2.99. The highest BCUT2D eigenvalue weighted by atomic mass is 32.2. The van der Waals surface area contributed by atoms with Crippen molar-refractivity contribution in [3.05, 3.63) is 77.4 Å². The van der Waals surface area contributed by atoms with Crippen molar-refractivity contribution in [1.82, 2.24) is 0 Å². The summed E-state index contributed by atoms with van der Waals surface area (Å²) in [6, 6.07) is 11.1. The summed E-state index contributed by atoms with van der Waals surface area (Å²) in [7, 11) is -3.32. The molecule has 0 aromatic heterocycles. The maximum atomic E-state index is 12.8. The summed E-state index contributed by atoms with van der Waals surface area (Å²) in [4.78, 5) is 0.184. The van der Waals surface area contributed by atoms with Crippen molar-refractivity contribution in [3.63, 3.8) is 0 Å².